The molecule has 4 aliphatic carbocycles. The van der Waals surface area contributed by atoms with Crippen molar-refractivity contribution in [2.45, 2.75) is 45.3 Å². The molecule has 2 saturated carbocycles. The first-order valence-electron chi connectivity index (χ1n) is 9.77. The monoisotopic (exact) mass is 372 g/mol. The van der Waals surface area contributed by atoms with Crippen molar-refractivity contribution < 1.29 is 24.9 Å². The Hall–Kier alpha value is -1.56. The van der Waals surface area contributed by atoms with E-state index in [1.807, 2.05) is 26.0 Å². The lowest BCUT2D eigenvalue weighted by molar-refractivity contribution is -0.178. The van der Waals surface area contributed by atoms with Crippen LogP contribution in [0.4, 0.5) is 0 Å². The normalized spacial score (nSPS) is 50.7. The number of Topliss-reactive ketones (excluding diaryl/α,β-unsaturated/α-hetero) is 1. The summed E-state index contributed by atoms with van der Waals surface area (Å²) in [7, 11) is 0. The molecule has 0 radical (unpaired) electrons. The summed E-state index contributed by atoms with van der Waals surface area (Å²) >= 11 is 0. The maximum atomic E-state index is 12.5. The van der Waals surface area contributed by atoms with Gasteiger partial charge in [-0.1, -0.05) is 39.0 Å². The molecule has 4 aliphatic rings. The van der Waals surface area contributed by atoms with Gasteiger partial charge in [0.15, 0.2) is 11.6 Å². The third kappa shape index (κ3) is 2.16. The number of aliphatic hydroxyl groups is 3. The molecule has 0 heterocycles. The molecule has 0 amide bonds. The van der Waals surface area contributed by atoms with Crippen LogP contribution < -0.4 is 0 Å². The van der Waals surface area contributed by atoms with E-state index in [0.29, 0.717) is 12.8 Å². The van der Waals surface area contributed by atoms with Gasteiger partial charge in [0.25, 0.3) is 0 Å². The molecule has 4 rings (SSSR count). The van der Waals surface area contributed by atoms with Gasteiger partial charge < -0.3 is 15.3 Å². The van der Waals surface area contributed by atoms with Crippen LogP contribution in [0, 0.1) is 34.5 Å². The second-order valence-electron chi connectivity index (χ2n) is 9.36. The lowest BCUT2D eigenvalue weighted by atomic mass is 9.47. The standard InChI is InChI=1S/C22H28O5/c1-12-8-16-15-5-4-13-9-14(24)6-7-20(13,2)19(15)17(25)10-21(16,3)22(12,27)18(26)11-23/h4-7,9,12,15-17,19,23,25,27H,8,10-11H2,1-3H3. The van der Waals surface area contributed by atoms with Crippen molar-refractivity contribution in [3.63, 3.8) is 0 Å². The van der Waals surface area contributed by atoms with E-state index in [4.69, 9.17) is 0 Å². The average molecular weight is 372 g/mol. The minimum atomic E-state index is -1.64. The number of allylic oxidation sites excluding steroid dienone is 6. The van der Waals surface area contributed by atoms with E-state index >= 15 is 0 Å². The predicted molar refractivity (Wildman–Crippen MR) is 99.5 cm³/mol. The molecule has 27 heavy (non-hydrogen) atoms. The summed E-state index contributed by atoms with van der Waals surface area (Å²) in [5.74, 6) is -1.00. The fourth-order valence-electron chi connectivity index (χ4n) is 6.84. The van der Waals surface area contributed by atoms with E-state index in [1.165, 1.54) is 0 Å². The Bertz CT molecular complexity index is 795. The molecular formula is C22H28O5. The number of hydrogen-bond donors (Lipinski definition) is 3. The van der Waals surface area contributed by atoms with Crippen LogP contribution in [0.5, 0.6) is 0 Å². The molecule has 0 aromatic rings. The zero-order valence-electron chi connectivity index (χ0n) is 16.1. The average Bonchev–Trinajstić information content (AvgIpc) is 2.82. The highest BCUT2D eigenvalue weighted by atomic mass is 16.3. The highest BCUT2D eigenvalue weighted by Gasteiger charge is 2.69. The number of aliphatic hydroxyl groups excluding tert-OH is 2. The fourth-order valence-corrected chi connectivity index (χ4v) is 6.84. The largest absolute Gasteiger partial charge is 0.393 e. The zero-order chi connectivity index (χ0) is 19.8. The van der Waals surface area contributed by atoms with Crippen molar-refractivity contribution in [3.8, 4) is 0 Å². The van der Waals surface area contributed by atoms with Crippen molar-refractivity contribution in [3.05, 3.63) is 36.0 Å². The Morgan fingerprint density at radius 3 is 2.67 bits per heavy atom. The molecule has 5 nitrogen and oxygen atoms in total. The minimum Gasteiger partial charge on any atom is -0.393 e. The van der Waals surface area contributed by atoms with Crippen LogP contribution in [0.1, 0.15) is 33.6 Å². The van der Waals surface area contributed by atoms with Gasteiger partial charge in [0.2, 0.25) is 0 Å². The molecule has 2 fully saturated rings. The first-order valence-corrected chi connectivity index (χ1v) is 9.77. The van der Waals surface area contributed by atoms with Crippen LogP contribution in [0.3, 0.4) is 0 Å². The van der Waals surface area contributed by atoms with Crippen molar-refractivity contribution >= 4 is 11.6 Å². The molecule has 8 unspecified atom stereocenters. The van der Waals surface area contributed by atoms with Gasteiger partial charge >= 0.3 is 0 Å². The van der Waals surface area contributed by atoms with Crippen LogP contribution in [0.2, 0.25) is 0 Å². The van der Waals surface area contributed by atoms with Gasteiger partial charge in [-0.3, -0.25) is 9.59 Å². The smallest absolute Gasteiger partial charge is 0.190 e. The van der Waals surface area contributed by atoms with Crippen LogP contribution in [-0.2, 0) is 9.59 Å². The maximum absolute atomic E-state index is 12.5. The highest BCUT2D eigenvalue weighted by Crippen LogP contribution is 2.67. The van der Waals surface area contributed by atoms with E-state index in [-0.39, 0.29) is 29.5 Å². The van der Waals surface area contributed by atoms with Gasteiger partial charge in [0.1, 0.15) is 12.2 Å². The Morgan fingerprint density at radius 2 is 2.00 bits per heavy atom. The quantitative estimate of drug-likeness (QED) is 0.684. The first-order chi connectivity index (χ1) is 12.6. The second kappa shape index (κ2) is 5.72. The van der Waals surface area contributed by atoms with Crippen molar-refractivity contribution in [2.75, 3.05) is 6.61 Å². The Balaban J connectivity index is 1.83. The summed E-state index contributed by atoms with van der Waals surface area (Å²) < 4.78 is 0. The molecule has 0 spiro atoms. The summed E-state index contributed by atoms with van der Waals surface area (Å²) in [6.45, 7) is 5.10. The van der Waals surface area contributed by atoms with E-state index in [0.717, 1.165) is 5.57 Å². The Labute approximate surface area is 159 Å². The van der Waals surface area contributed by atoms with E-state index in [1.54, 1.807) is 12.2 Å². The van der Waals surface area contributed by atoms with Gasteiger partial charge in [-0.05, 0) is 48.3 Å². The van der Waals surface area contributed by atoms with Crippen molar-refractivity contribution in [1.29, 1.82) is 0 Å². The summed E-state index contributed by atoms with van der Waals surface area (Å²) in [4.78, 5) is 24.4. The van der Waals surface area contributed by atoms with Crippen LogP contribution in [-0.4, -0.2) is 45.2 Å². The van der Waals surface area contributed by atoms with Crippen molar-refractivity contribution in [2.24, 2.45) is 34.5 Å². The minimum absolute atomic E-state index is 0.0123. The van der Waals surface area contributed by atoms with E-state index in [9.17, 15) is 24.9 Å². The van der Waals surface area contributed by atoms with Gasteiger partial charge in [0.05, 0.1) is 6.10 Å². The molecular weight excluding hydrogens is 344 g/mol. The van der Waals surface area contributed by atoms with Crippen LogP contribution in [0.15, 0.2) is 36.0 Å². The summed E-state index contributed by atoms with van der Waals surface area (Å²) in [6, 6.07) is 0. The molecule has 0 saturated heterocycles. The second-order valence-corrected chi connectivity index (χ2v) is 9.36. The number of ketones is 2. The van der Waals surface area contributed by atoms with Crippen molar-refractivity contribution in [1.82, 2.24) is 0 Å². The van der Waals surface area contributed by atoms with Crippen LogP contribution in [0.25, 0.3) is 0 Å². The van der Waals surface area contributed by atoms with Gasteiger partial charge in [0, 0.05) is 16.7 Å². The number of rotatable bonds is 2. The Morgan fingerprint density at radius 1 is 1.30 bits per heavy atom. The topological polar surface area (TPSA) is 94.8 Å². The van der Waals surface area contributed by atoms with E-state index < -0.39 is 34.9 Å². The molecule has 0 aromatic carbocycles. The summed E-state index contributed by atoms with van der Waals surface area (Å²) in [6.07, 6.45) is 9.37. The molecule has 0 aromatic heterocycles. The predicted octanol–water partition coefficient (Wildman–Crippen LogP) is 1.58. The lowest BCUT2D eigenvalue weighted by Crippen LogP contribution is -2.62. The summed E-state index contributed by atoms with van der Waals surface area (Å²) in [5, 5.41) is 32.1. The van der Waals surface area contributed by atoms with Gasteiger partial charge in [-0.25, -0.2) is 0 Å². The number of fused-ring (bicyclic) bond motifs is 5. The molecule has 0 bridgehead atoms. The van der Waals surface area contributed by atoms with Gasteiger partial charge in [-0.2, -0.15) is 0 Å². The fraction of sp³-hybridized carbons (Fsp3) is 0.636. The SMILES string of the molecule is CC1CC2C3C=CC4=CC(=O)C=CC4(C)C3C(O)CC2(C)C1(O)C(=O)CO. The van der Waals surface area contributed by atoms with E-state index in [2.05, 4.69) is 13.0 Å². The zero-order valence-corrected chi connectivity index (χ0v) is 16.1. The number of hydrogen-bond acceptors (Lipinski definition) is 5. The summed E-state index contributed by atoms with van der Waals surface area (Å²) in [5.41, 5.74) is -1.98. The third-order valence-corrected chi connectivity index (χ3v) is 8.21. The maximum Gasteiger partial charge on any atom is 0.190 e. The highest BCUT2D eigenvalue weighted by molar-refractivity contribution is 6.01. The molecule has 146 valence electrons. The Kier molecular flexibility index (Phi) is 3.98. The van der Waals surface area contributed by atoms with Gasteiger partial charge in [-0.15, -0.1) is 0 Å². The lowest BCUT2D eigenvalue weighted by Gasteiger charge is -2.57. The molecule has 5 heteroatoms. The molecule has 8 atom stereocenters. The number of carbonyl (C=O) groups is 2. The third-order valence-electron chi connectivity index (χ3n) is 8.21. The van der Waals surface area contributed by atoms with Crippen LogP contribution >= 0.6 is 0 Å². The first kappa shape index (κ1) is 18.8. The molecule has 0 aliphatic heterocycles. The molecule has 3 N–H and O–H groups in total. The number of carbonyl (C=O) groups excluding carboxylic acids is 2.